The lowest BCUT2D eigenvalue weighted by molar-refractivity contribution is -0.137. The summed E-state index contributed by atoms with van der Waals surface area (Å²) >= 11 is 0. The molecule has 1 aliphatic heterocycles. The minimum atomic E-state index is -3.37. The molecule has 0 radical (unpaired) electrons. The Morgan fingerprint density at radius 1 is 1.33 bits per heavy atom. The average Bonchev–Trinajstić information content (AvgIpc) is 2.52. The molecule has 1 aromatic carbocycles. The van der Waals surface area contributed by atoms with Crippen molar-refractivity contribution in [2.24, 2.45) is 5.92 Å². The first-order valence-electron chi connectivity index (χ1n) is 8.00. The zero-order valence-electron chi connectivity index (χ0n) is 14.0. The van der Waals surface area contributed by atoms with Crippen molar-refractivity contribution in [1.82, 2.24) is 4.90 Å². The molecule has 1 heterocycles. The summed E-state index contributed by atoms with van der Waals surface area (Å²) in [4.78, 5) is 25.4. The number of piperidine rings is 1. The van der Waals surface area contributed by atoms with Crippen molar-refractivity contribution in [3.63, 3.8) is 0 Å². The van der Waals surface area contributed by atoms with Crippen LogP contribution in [0.3, 0.4) is 0 Å². The largest absolute Gasteiger partial charge is 0.481 e. The molecule has 6 nitrogen and oxygen atoms in total. The number of aryl methyl sites for hydroxylation is 1. The van der Waals surface area contributed by atoms with Gasteiger partial charge in [-0.1, -0.05) is 6.07 Å². The smallest absolute Gasteiger partial charge is 0.303 e. The fourth-order valence-electron chi connectivity index (χ4n) is 3.05. The van der Waals surface area contributed by atoms with Crippen LogP contribution in [0.2, 0.25) is 0 Å². The first-order valence-corrected chi connectivity index (χ1v) is 9.89. The Kier molecular flexibility index (Phi) is 5.64. The van der Waals surface area contributed by atoms with Crippen molar-refractivity contribution in [3.05, 3.63) is 29.3 Å². The number of likely N-dealkylation sites (tertiary alicyclic amines) is 1. The van der Waals surface area contributed by atoms with E-state index in [2.05, 4.69) is 0 Å². The number of benzene rings is 1. The lowest BCUT2D eigenvalue weighted by Gasteiger charge is -2.33. The lowest BCUT2D eigenvalue weighted by atomic mass is 9.92. The van der Waals surface area contributed by atoms with E-state index in [9.17, 15) is 18.0 Å². The fraction of sp³-hybridized carbons (Fsp3) is 0.529. The third-order valence-corrected chi connectivity index (χ3v) is 5.55. The third-order valence-electron chi connectivity index (χ3n) is 4.44. The molecule has 2 rings (SSSR count). The maximum absolute atomic E-state index is 12.8. The molecular weight excluding hydrogens is 330 g/mol. The summed E-state index contributed by atoms with van der Waals surface area (Å²) < 4.78 is 23.4. The van der Waals surface area contributed by atoms with Gasteiger partial charge >= 0.3 is 5.97 Å². The maximum atomic E-state index is 12.8. The number of rotatable bonds is 5. The summed E-state index contributed by atoms with van der Waals surface area (Å²) in [6.45, 7) is 2.92. The summed E-state index contributed by atoms with van der Waals surface area (Å²) in [6.07, 6.45) is 3.53. The Balaban J connectivity index is 2.17. The molecule has 0 unspecified atom stereocenters. The van der Waals surface area contributed by atoms with E-state index in [-0.39, 0.29) is 23.1 Å². The Morgan fingerprint density at radius 2 is 2.04 bits per heavy atom. The number of hydrogen-bond donors (Lipinski definition) is 1. The third kappa shape index (κ3) is 4.56. The molecule has 1 atom stereocenters. The predicted molar refractivity (Wildman–Crippen MR) is 89.8 cm³/mol. The van der Waals surface area contributed by atoms with Crippen LogP contribution in [-0.2, 0) is 14.6 Å². The Labute approximate surface area is 142 Å². The van der Waals surface area contributed by atoms with Gasteiger partial charge in [-0.15, -0.1) is 0 Å². The van der Waals surface area contributed by atoms with Gasteiger partial charge in [-0.2, -0.15) is 0 Å². The van der Waals surface area contributed by atoms with Gasteiger partial charge < -0.3 is 10.0 Å². The summed E-state index contributed by atoms with van der Waals surface area (Å²) in [5.74, 6) is -0.828. The molecule has 1 aromatic rings. The highest BCUT2D eigenvalue weighted by Crippen LogP contribution is 2.24. The average molecular weight is 353 g/mol. The van der Waals surface area contributed by atoms with Gasteiger partial charge in [0.15, 0.2) is 9.84 Å². The van der Waals surface area contributed by atoms with Crippen LogP contribution < -0.4 is 0 Å². The van der Waals surface area contributed by atoms with E-state index in [0.29, 0.717) is 25.1 Å². The van der Waals surface area contributed by atoms with Crippen molar-refractivity contribution in [2.45, 2.75) is 37.5 Å². The number of carbonyl (C=O) groups excluding carboxylic acids is 1. The first kappa shape index (κ1) is 18.4. The van der Waals surface area contributed by atoms with Crippen LogP contribution in [-0.4, -0.2) is 49.6 Å². The highest BCUT2D eigenvalue weighted by molar-refractivity contribution is 7.90. The van der Waals surface area contributed by atoms with Gasteiger partial charge in [0.05, 0.1) is 4.90 Å². The number of hydrogen-bond acceptors (Lipinski definition) is 4. The second kappa shape index (κ2) is 7.34. The topological polar surface area (TPSA) is 91.8 Å². The highest BCUT2D eigenvalue weighted by Gasteiger charge is 2.26. The van der Waals surface area contributed by atoms with E-state index < -0.39 is 15.8 Å². The molecule has 0 aliphatic carbocycles. The number of nitrogens with zero attached hydrogens (tertiary/aromatic N) is 1. The predicted octanol–water partition coefficient (Wildman–Crippen LogP) is 2.12. The lowest BCUT2D eigenvalue weighted by Crippen LogP contribution is -2.40. The number of amides is 1. The van der Waals surface area contributed by atoms with Gasteiger partial charge in [-0.25, -0.2) is 8.42 Å². The van der Waals surface area contributed by atoms with E-state index in [0.717, 1.165) is 24.7 Å². The SMILES string of the molecule is Cc1ccc(S(C)(=O)=O)cc1C(=O)N1CCC[C@H](CCC(=O)O)C1. The van der Waals surface area contributed by atoms with Crippen LogP contribution in [0.15, 0.2) is 23.1 Å². The summed E-state index contributed by atoms with van der Waals surface area (Å²) in [7, 11) is -3.37. The fourth-order valence-corrected chi connectivity index (χ4v) is 3.69. The van der Waals surface area contributed by atoms with Gasteiger partial charge in [0.25, 0.3) is 5.91 Å². The molecule has 24 heavy (non-hydrogen) atoms. The molecule has 1 N–H and O–H groups in total. The van der Waals surface area contributed by atoms with Gasteiger partial charge in [0, 0.05) is 31.3 Å². The Bertz CT molecular complexity index is 741. The first-order chi connectivity index (χ1) is 11.2. The molecule has 0 spiro atoms. The number of aliphatic carboxylic acids is 1. The van der Waals surface area contributed by atoms with Crippen molar-refractivity contribution >= 4 is 21.7 Å². The summed E-state index contributed by atoms with van der Waals surface area (Å²) in [5, 5.41) is 8.80. The Morgan fingerprint density at radius 3 is 2.67 bits per heavy atom. The van der Waals surface area contributed by atoms with Crippen molar-refractivity contribution < 1.29 is 23.1 Å². The number of sulfone groups is 1. The van der Waals surface area contributed by atoms with Crippen molar-refractivity contribution in [1.29, 1.82) is 0 Å². The zero-order valence-corrected chi connectivity index (χ0v) is 14.8. The standard InChI is InChI=1S/C17H23NO5S/c1-12-5-7-14(24(2,22)23)10-15(12)17(21)18-9-3-4-13(11-18)6-8-16(19)20/h5,7,10,13H,3-4,6,8-9,11H2,1-2H3,(H,19,20)/t13-/m1/s1. The zero-order chi connectivity index (χ0) is 17.9. The van der Waals surface area contributed by atoms with E-state index in [1.165, 1.54) is 12.1 Å². The molecule has 7 heteroatoms. The molecular formula is C17H23NO5S. The van der Waals surface area contributed by atoms with Gasteiger partial charge in [-0.05, 0) is 49.8 Å². The van der Waals surface area contributed by atoms with Gasteiger partial charge in [0.1, 0.15) is 0 Å². The van der Waals surface area contributed by atoms with Crippen LogP contribution >= 0.6 is 0 Å². The minimum Gasteiger partial charge on any atom is -0.481 e. The quantitative estimate of drug-likeness (QED) is 0.875. The van der Waals surface area contributed by atoms with E-state index in [1.54, 1.807) is 17.9 Å². The molecule has 0 saturated carbocycles. The van der Waals surface area contributed by atoms with Crippen LogP contribution in [0, 0.1) is 12.8 Å². The minimum absolute atomic E-state index is 0.106. The molecule has 1 saturated heterocycles. The van der Waals surface area contributed by atoms with E-state index in [4.69, 9.17) is 5.11 Å². The molecule has 1 fully saturated rings. The molecule has 0 aromatic heterocycles. The molecule has 132 valence electrons. The number of carboxylic acids is 1. The second-order valence-electron chi connectivity index (χ2n) is 6.44. The monoisotopic (exact) mass is 353 g/mol. The summed E-state index contributed by atoms with van der Waals surface area (Å²) in [5.41, 5.74) is 1.14. The van der Waals surface area contributed by atoms with E-state index >= 15 is 0 Å². The van der Waals surface area contributed by atoms with E-state index in [1.807, 2.05) is 0 Å². The normalized spacial score (nSPS) is 18.4. The van der Waals surface area contributed by atoms with Crippen LogP contribution in [0.5, 0.6) is 0 Å². The van der Waals surface area contributed by atoms with Crippen LogP contribution in [0.1, 0.15) is 41.6 Å². The molecule has 1 aliphatic rings. The Hall–Kier alpha value is -1.89. The molecule has 1 amide bonds. The van der Waals surface area contributed by atoms with Crippen LogP contribution in [0.25, 0.3) is 0 Å². The number of carboxylic acid groups (broad SMARTS) is 1. The van der Waals surface area contributed by atoms with Gasteiger partial charge in [0.2, 0.25) is 0 Å². The van der Waals surface area contributed by atoms with Crippen molar-refractivity contribution in [3.8, 4) is 0 Å². The van der Waals surface area contributed by atoms with Crippen molar-refractivity contribution in [2.75, 3.05) is 19.3 Å². The summed E-state index contributed by atoms with van der Waals surface area (Å²) in [6, 6.07) is 4.59. The van der Waals surface area contributed by atoms with Crippen LogP contribution in [0.4, 0.5) is 0 Å². The maximum Gasteiger partial charge on any atom is 0.303 e. The second-order valence-corrected chi connectivity index (χ2v) is 8.46. The molecule has 0 bridgehead atoms. The van der Waals surface area contributed by atoms with Gasteiger partial charge in [-0.3, -0.25) is 9.59 Å². The number of carbonyl (C=O) groups is 2. The highest BCUT2D eigenvalue weighted by atomic mass is 32.2.